The summed E-state index contributed by atoms with van der Waals surface area (Å²) in [7, 11) is 0. The second kappa shape index (κ2) is 7.09. The molecule has 0 radical (unpaired) electrons. The molecule has 0 atom stereocenters. The Bertz CT molecular complexity index is 470. The van der Waals surface area contributed by atoms with Crippen molar-refractivity contribution in [3.05, 3.63) is 28.2 Å². The minimum absolute atomic E-state index is 0.0636. The normalized spacial score (nSPS) is 16.2. The van der Waals surface area contributed by atoms with Crippen LogP contribution in [0.4, 0.5) is 5.69 Å². The molecule has 4 nitrogen and oxygen atoms in total. The second-order valence-electron chi connectivity index (χ2n) is 5.35. The van der Waals surface area contributed by atoms with Crippen molar-refractivity contribution in [1.82, 2.24) is 5.32 Å². The lowest BCUT2D eigenvalue weighted by Crippen LogP contribution is -2.38. The third-order valence-electron chi connectivity index (χ3n) is 3.88. The highest BCUT2D eigenvalue weighted by Crippen LogP contribution is 2.27. The van der Waals surface area contributed by atoms with Gasteiger partial charge in [0.2, 0.25) is 5.91 Å². The molecule has 2 rings (SSSR count). The molecule has 1 heterocycles. The van der Waals surface area contributed by atoms with Gasteiger partial charge in [-0.1, -0.05) is 22.0 Å². The zero-order valence-electron chi connectivity index (χ0n) is 11.9. The van der Waals surface area contributed by atoms with Gasteiger partial charge in [-0.2, -0.15) is 0 Å². The Labute approximate surface area is 128 Å². The number of carbonyl (C=O) groups is 1. The van der Waals surface area contributed by atoms with Crippen LogP contribution in [0.25, 0.3) is 0 Å². The lowest BCUT2D eigenvalue weighted by molar-refractivity contribution is -0.119. The molecule has 1 aromatic rings. The predicted molar refractivity (Wildman–Crippen MR) is 85.7 cm³/mol. The summed E-state index contributed by atoms with van der Waals surface area (Å²) >= 11 is 3.57. The monoisotopic (exact) mass is 339 g/mol. The van der Waals surface area contributed by atoms with Crippen LogP contribution in [-0.4, -0.2) is 25.5 Å². The van der Waals surface area contributed by atoms with E-state index >= 15 is 0 Å². The molecule has 0 unspecified atom stereocenters. The molecule has 3 N–H and O–H groups in total. The van der Waals surface area contributed by atoms with E-state index in [1.54, 1.807) is 6.92 Å². The minimum atomic E-state index is 0.0636. The standard InChI is InChI=1S/C15H22BrN3O/c1-11(20)18-10-12-4-6-19(7-5-12)14-3-2-13(9-17)15(16)8-14/h2-3,8,12H,4-7,9-10,17H2,1H3,(H,18,20). The van der Waals surface area contributed by atoms with E-state index in [0.717, 1.165) is 42.5 Å². The first-order valence-electron chi connectivity index (χ1n) is 7.08. The van der Waals surface area contributed by atoms with E-state index in [0.29, 0.717) is 12.5 Å². The number of nitrogens with zero attached hydrogens (tertiary/aromatic N) is 1. The molecule has 1 amide bonds. The minimum Gasteiger partial charge on any atom is -0.371 e. The quantitative estimate of drug-likeness (QED) is 0.884. The van der Waals surface area contributed by atoms with Gasteiger partial charge in [0.1, 0.15) is 0 Å². The maximum Gasteiger partial charge on any atom is 0.216 e. The summed E-state index contributed by atoms with van der Waals surface area (Å²) in [5.41, 5.74) is 8.05. The first-order chi connectivity index (χ1) is 9.60. The molecule has 110 valence electrons. The first-order valence-corrected chi connectivity index (χ1v) is 7.87. The van der Waals surface area contributed by atoms with E-state index < -0.39 is 0 Å². The van der Waals surface area contributed by atoms with Crippen LogP contribution in [0.15, 0.2) is 22.7 Å². The number of rotatable bonds is 4. The molecule has 1 aliphatic rings. The molecule has 0 aliphatic carbocycles. The lowest BCUT2D eigenvalue weighted by atomic mass is 9.96. The Kier molecular flexibility index (Phi) is 5.43. The number of halogens is 1. The zero-order chi connectivity index (χ0) is 14.5. The van der Waals surface area contributed by atoms with Crippen molar-refractivity contribution < 1.29 is 4.79 Å². The SMILES string of the molecule is CC(=O)NCC1CCN(c2ccc(CN)c(Br)c2)CC1. The van der Waals surface area contributed by atoms with Crippen molar-refractivity contribution >= 4 is 27.5 Å². The van der Waals surface area contributed by atoms with Gasteiger partial charge < -0.3 is 16.0 Å². The second-order valence-corrected chi connectivity index (χ2v) is 6.20. The largest absolute Gasteiger partial charge is 0.371 e. The molecule has 1 aliphatic heterocycles. The van der Waals surface area contributed by atoms with E-state index in [1.165, 1.54) is 5.69 Å². The molecule has 0 bridgehead atoms. The van der Waals surface area contributed by atoms with E-state index in [1.807, 2.05) is 0 Å². The maximum absolute atomic E-state index is 10.9. The van der Waals surface area contributed by atoms with Crippen LogP contribution in [0, 0.1) is 5.92 Å². The maximum atomic E-state index is 10.9. The molecule has 1 fully saturated rings. The molecule has 1 aromatic carbocycles. The number of hydrogen-bond acceptors (Lipinski definition) is 3. The molecule has 0 spiro atoms. The van der Waals surface area contributed by atoms with Crippen LogP contribution in [0.1, 0.15) is 25.3 Å². The van der Waals surface area contributed by atoms with E-state index in [2.05, 4.69) is 44.3 Å². The Balaban J connectivity index is 1.90. The summed E-state index contributed by atoms with van der Waals surface area (Å²) in [5.74, 6) is 0.663. The molecule has 0 aromatic heterocycles. The number of benzene rings is 1. The highest BCUT2D eigenvalue weighted by molar-refractivity contribution is 9.10. The Morgan fingerprint density at radius 2 is 2.15 bits per heavy atom. The summed E-state index contributed by atoms with van der Waals surface area (Å²) in [6.07, 6.45) is 2.24. The predicted octanol–water partition coefficient (Wildman–Crippen LogP) is 2.26. The van der Waals surface area contributed by atoms with Crippen LogP contribution in [0.2, 0.25) is 0 Å². The van der Waals surface area contributed by atoms with Gasteiger partial charge >= 0.3 is 0 Å². The van der Waals surface area contributed by atoms with Crippen LogP contribution >= 0.6 is 15.9 Å². The van der Waals surface area contributed by atoms with Gasteiger partial charge in [0.05, 0.1) is 0 Å². The van der Waals surface area contributed by atoms with Gasteiger partial charge in [-0.3, -0.25) is 4.79 Å². The summed E-state index contributed by atoms with van der Waals surface area (Å²) in [6.45, 7) is 5.02. The highest BCUT2D eigenvalue weighted by atomic mass is 79.9. The van der Waals surface area contributed by atoms with Gasteiger partial charge in [-0.15, -0.1) is 0 Å². The lowest BCUT2D eigenvalue weighted by Gasteiger charge is -2.34. The average molecular weight is 340 g/mol. The van der Waals surface area contributed by atoms with Crippen LogP contribution < -0.4 is 16.0 Å². The fourth-order valence-electron chi connectivity index (χ4n) is 2.58. The fraction of sp³-hybridized carbons (Fsp3) is 0.533. The van der Waals surface area contributed by atoms with Gasteiger partial charge in [-0.05, 0) is 36.5 Å². The van der Waals surface area contributed by atoms with Crippen molar-refractivity contribution in [1.29, 1.82) is 0 Å². The Morgan fingerprint density at radius 1 is 1.45 bits per heavy atom. The topological polar surface area (TPSA) is 58.4 Å². The van der Waals surface area contributed by atoms with E-state index in [9.17, 15) is 4.79 Å². The number of carbonyl (C=O) groups excluding carboxylic acids is 1. The smallest absolute Gasteiger partial charge is 0.216 e. The summed E-state index contributed by atoms with van der Waals surface area (Å²) in [4.78, 5) is 13.3. The summed E-state index contributed by atoms with van der Waals surface area (Å²) < 4.78 is 1.08. The molecule has 5 heteroatoms. The molecule has 1 saturated heterocycles. The third kappa shape index (κ3) is 3.96. The number of hydrogen-bond donors (Lipinski definition) is 2. The molecule has 0 saturated carbocycles. The molecular weight excluding hydrogens is 318 g/mol. The van der Waals surface area contributed by atoms with Gasteiger partial charge in [-0.25, -0.2) is 0 Å². The Hall–Kier alpha value is -1.07. The third-order valence-corrected chi connectivity index (χ3v) is 4.61. The number of anilines is 1. The molecular formula is C15H22BrN3O. The summed E-state index contributed by atoms with van der Waals surface area (Å²) in [6, 6.07) is 6.38. The Morgan fingerprint density at radius 3 is 2.70 bits per heavy atom. The van der Waals surface area contributed by atoms with Crippen molar-refractivity contribution in [3.8, 4) is 0 Å². The number of piperidine rings is 1. The first kappa shape index (κ1) is 15.3. The molecule has 20 heavy (non-hydrogen) atoms. The van der Waals surface area contributed by atoms with Crippen LogP contribution in [-0.2, 0) is 11.3 Å². The van der Waals surface area contributed by atoms with Crippen LogP contribution in [0.5, 0.6) is 0 Å². The van der Waals surface area contributed by atoms with Crippen molar-refractivity contribution in [3.63, 3.8) is 0 Å². The van der Waals surface area contributed by atoms with Gasteiger partial charge in [0, 0.05) is 43.3 Å². The number of amides is 1. The van der Waals surface area contributed by atoms with E-state index in [4.69, 9.17) is 5.73 Å². The number of nitrogens with one attached hydrogen (secondary N) is 1. The van der Waals surface area contributed by atoms with Gasteiger partial charge in [0.25, 0.3) is 0 Å². The fourth-order valence-corrected chi connectivity index (χ4v) is 3.11. The van der Waals surface area contributed by atoms with Crippen molar-refractivity contribution in [2.24, 2.45) is 11.7 Å². The average Bonchev–Trinajstić information content (AvgIpc) is 2.45. The number of nitrogens with two attached hydrogens (primary N) is 1. The van der Waals surface area contributed by atoms with Crippen LogP contribution in [0.3, 0.4) is 0 Å². The zero-order valence-corrected chi connectivity index (χ0v) is 13.4. The van der Waals surface area contributed by atoms with E-state index in [-0.39, 0.29) is 5.91 Å². The van der Waals surface area contributed by atoms with Gasteiger partial charge in [0.15, 0.2) is 0 Å². The summed E-state index contributed by atoms with van der Waals surface area (Å²) in [5, 5.41) is 2.92. The van der Waals surface area contributed by atoms with Crippen molar-refractivity contribution in [2.75, 3.05) is 24.5 Å². The highest BCUT2D eigenvalue weighted by Gasteiger charge is 2.19. The van der Waals surface area contributed by atoms with Crippen molar-refractivity contribution in [2.45, 2.75) is 26.3 Å².